The Bertz CT molecular complexity index is 177. The zero-order valence-electron chi connectivity index (χ0n) is 5.79. The fourth-order valence-electron chi connectivity index (χ4n) is 1.17. The first-order valence-corrected chi connectivity index (χ1v) is 3.66. The van der Waals surface area contributed by atoms with Crippen LogP contribution in [0.3, 0.4) is 0 Å². The van der Waals surface area contributed by atoms with Gasteiger partial charge in [-0.3, -0.25) is 0 Å². The van der Waals surface area contributed by atoms with E-state index < -0.39 is 23.4 Å². The van der Waals surface area contributed by atoms with Crippen molar-refractivity contribution in [3.63, 3.8) is 0 Å². The van der Waals surface area contributed by atoms with Crippen molar-refractivity contribution in [2.75, 3.05) is 0 Å². The van der Waals surface area contributed by atoms with Gasteiger partial charge in [-0.1, -0.05) is 17.7 Å². The van der Waals surface area contributed by atoms with Crippen LogP contribution in [0.25, 0.3) is 0 Å². The minimum Gasteiger partial charge on any atom is -0.219 e. The normalized spacial score (nSPS) is 41.3. The minimum absolute atomic E-state index is 0.204. The largest absolute Gasteiger partial charge is 0.296 e. The lowest BCUT2D eigenvalue weighted by Gasteiger charge is -2.45. The molecule has 2 unspecified atom stereocenters. The van der Waals surface area contributed by atoms with Crippen LogP contribution in [-0.2, 0) is 0 Å². The molecule has 0 aliphatic heterocycles. The Labute approximate surface area is 68.0 Å². The number of alkyl halides is 4. The molecule has 64 valence electrons. The van der Waals surface area contributed by atoms with Gasteiger partial charge in [0.05, 0.1) is 0 Å². The number of halogens is 4. The first-order valence-electron chi connectivity index (χ1n) is 3.28. The molecule has 0 bridgehead atoms. The van der Waals surface area contributed by atoms with Crippen molar-refractivity contribution in [1.29, 1.82) is 0 Å². The fourth-order valence-corrected chi connectivity index (χ4v) is 1.42. The Hall–Kier alpha value is -0.180. The van der Waals surface area contributed by atoms with E-state index in [1.807, 2.05) is 0 Å². The lowest BCUT2D eigenvalue weighted by atomic mass is 9.76. The summed E-state index contributed by atoms with van der Waals surface area (Å²) in [6, 6.07) is 0. The van der Waals surface area contributed by atoms with E-state index in [0.717, 1.165) is 0 Å². The highest BCUT2D eigenvalue weighted by Gasteiger charge is 2.68. The highest BCUT2D eigenvalue weighted by molar-refractivity contribution is 6.24. The molecule has 4 heteroatoms. The second kappa shape index (κ2) is 2.41. The highest BCUT2D eigenvalue weighted by atomic mass is 35.5. The van der Waals surface area contributed by atoms with Gasteiger partial charge in [0.25, 0.3) is 5.92 Å². The second-order valence-electron chi connectivity index (χ2n) is 2.75. The summed E-state index contributed by atoms with van der Waals surface area (Å²) >= 11 is 4.98. The van der Waals surface area contributed by atoms with Crippen LogP contribution in [0.15, 0.2) is 12.7 Å². The van der Waals surface area contributed by atoms with Crippen molar-refractivity contribution in [1.82, 2.24) is 0 Å². The Balaban J connectivity index is 2.61. The third-order valence-corrected chi connectivity index (χ3v) is 2.54. The van der Waals surface area contributed by atoms with Crippen molar-refractivity contribution < 1.29 is 13.2 Å². The molecular weight excluding hydrogens is 177 g/mol. The van der Waals surface area contributed by atoms with E-state index in [1.165, 1.54) is 6.08 Å². The van der Waals surface area contributed by atoms with Crippen molar-refractivity contribution in [3.05, 3.63) is 12.7 Å². The quantitative estimate of drug-likeness (QED) is 0.457. The number of rotatable bonds is 2. The average molecular weight is 185 g/mol. The predicted octanol–water partition coefficient (Wildman–Crippen LogP) is 3.12. The smallest absolute Gasteiger partial charge is 0.219 e. The van der Waals surface area contributed by atoms with E-state index in [9.17, 15) is 13.2 Å². The molecule has 0 radical (unpaired) electrons. The minimum atomic E-state index is -3.36. The summed E-state index contributed by atoms with van der Waals surface area (Å²) in [5.41, 5.74) is 0. The molecule has 1 aliphatic rings. The van der Waals surface area contributed by atoms with Gasteiger partial charge >= 0.3 is 0 Å². The van der Waals surface area contributed by atoms with Crippen LogP contribution in [0.2, 0.25) is 0 Å². The van der Waals surface area contributed by atoms with Gasteiger partial charge in [-0.25, -0.2) is 13.2 Å². The van der Waals surface area contributed by atoms with Crippen LogP contribution in [0.1, 0.15) is 12.8 Å². The number of hydrogen-bond acceptors (Lipinski definition) is 0. The van der Waals surface area contributed by atoms with Crippen LogP contribution in [0.5, 0.6) is 0 Å². The molecule has 0 nitrogen and oxygen atoms in total. The van der Waals surface area contributed by atoms with Crippen LogP contribution < -0.4 is 0 Å². The predicted molar refractivity (Wildman–Crippen MR) is 37.6 cm³/mol. The van der Waals surface area contributed by atoms with Gasteiger partial charge in [-0.05, 0) is 6.42 Å². The summed E-state index contributed by atoms with van der Waals surface area (Å²) < 4.78 is 37.5. The molecule has 11 heavy (non-hydrogen) atoms. The summed E-state index contributed by atoms with van der Waals surface area (Å²) in [6.07, 6.45) is 1.13. The maximum Gasteiger partial charge on any atom is 0.296 e. The van der Waals surface area contributed by atoms with E-state index in [0.29, 0.717) is 0 Å². The van der Waals surface area contributed by atoms with Gasteiger partial charge in [-0.15, -0.1) is 6.58 Å². The summed E-state index contributed by atoms with van der Waals surface area (Å²) in [4.78, 5) is 0. The molecule has 2 atom stereocenters. The topological polar surface area (TPSA) is 0 Å². The molecule has 1 saturated carbocycles. The third-order valence-electron chi connectivity index (χ3n) is 1.95. The van der Waals surface area contributed by atoms with Gasteiger partial charge in [-0.2, -0.15) is 0 Å². The molecule has 1 rings (SSSR count). The number of hydrogen-bond donors (Lipinski definition) is 0. The van der Waals surface area contributed by atoms with Crippen LogP contribution >= 0.6 is 11.6 Å². The summed E-state index contributed by atoms with van der Waals surface area (Å²) in [6.45, 7) is 3.33. The Morgan fingerprint density at radius 2 is 2.09 bits per heavy atom. The van der Waals surface area contributed by atoms with E-state index in [4.69, 9.17) is 11.6 Å². The molecule has 0 aromatic carbocycles. The van der Waals surface area contributed by atoms with E-state index in [1.54, 1.807) is 0 Å². The van der Waals surface area contributed by atoms with Crippen LogP contribution in [0, 0.1) is 5.92 Å². The molecule has 0 saturated heterocycles. The first-order chi connectivity index (χ1) is 4.92. The molecule has 0 heterocycles. The monoisotopic (exact) mass is 184 g/mol. The van der Waals surface area contributed by atoms with Crippen molar-refractivity contribution in [3.8, 4) is 0 Å². The molecule has 1 fully saturated rings. The summed E-state index contributed by atoms with van der Waals surface area (Å²) in [5.74, 6) is -4.14. The molecule has 0 amide bonds. The summed E-state index contributed by atoms with van der Waals surface area (Å²) in [5, 5.41) is -2.85. The Kier molecular flexibility index (Phi) is 1.95. The van der Waals surface area contributed by atoms with Crippen LogP contribution in [0.4, 0.5) is 13.2 Å². The maximum absolute atomic E-state index is 12.8. The molecular formula is C7H8ClF3. The van der Waals surface area contributed by atoms with E-state index >= 15 is 0 Å². The maximum atomic E-state index is 12.8. The second-order valence-corrected chi connectivity index (χ2v) is 3.30. The molecule has 0 spiro atoms. The fraction of sp³-hybridized carbons (Fsp3) is 0.714. The van der Waals surface area contributed by atoms with Gasteiger partial charge in [0.2, 0.25) is 5.13 Å². The van der Waals surface area contributed by atoms with Crippen molar-refractivity contribution in [2.45, 2.75) is 23.9 Å². The van der Waals surface area contributed by atoms with Gasteiger partial charge in [0.1, 0.15) is 0 Å². The summed E-state index contributed by atoms with van der Waals surface area (Å²) in [7, 11) is 0. The molecule has 1 aliphatic carbocycles. The Morgan fingerprint density at radius 3 is 2.36 bits per heavy atom. The lowest BCUT2D eigenvalue weighted by Crippen LogP contribution is -2.57. The third kappa shape index (κ3) is 1.15. The standard InChI is InChI=1S/C7H8ClF3/c1-2-3-5-4-6(9,10)7(5,8)11/h2,5H,1,3-4H2. The van der Waals surface area contributed by atoms with Crippen LogP contribution in [-0.4, -0.2) is 11.1 Å². The van der Waals surface area contributed by atoms with E-state index in [-0.39, 0.29) is 6.42 Å². The number of allylic oxidation sites excluding steroid dienone is 1. The SMILES string of the molecule is C=CCC1CC(F)(F)C1(F)Cl. The zero-order valence-corrected chi connectivity index (χ0v) is 6.54. The zero-order chi connectivity index (χ0) is 8.70. The highest BCUT2D eigenvalue weighted by Crippen LogP contribution is 2.58. The lowest BCUT2D eigenvalue weighted by molar-refractivity contribution is -0.205. The van der Waals surface area contributed by atoms with Gasteiger partial charge < -0.3 is 0 Å². The average Bonchev–Trinajstić information content (AvgIpc) is 1.87. The van der Waals surface area contributed by atoms with E-state index in [2.05, 4.69) is 6.58 Å². The molecule has 0 N–H and O–H groups in total. The molecule has 0 aromatic rings. The molecule has 0 aromatic heterocycles. The van der Waals surface area contributed by atoms with Gasteiger partial charge in [0, 0.05) is 12.3 Å². The van der Waals surface area contributed by atoms with Crippen molar-refractivity contribution >= 4 is 11.6 Å². The van der Waals surface area contributed by atoms with Crippen molar-refractivity contribution in [2.24, 2.45) is 5.92 Å². The Morgan fingerprint density at radius 1 is 1.55 bits per heavy atom. The van der Waals surface area contributed by atoms with Gasteiger partial charge in [0.15, 0.2) is 0 Å². The first kappa shape index (κ1) is 8.91.